The Balaban J connectivity index is 2.34. The van der Waals surface area contributed by atoms with Crippen molar-refractivity contribution in [1.82, 2.24) is 10.3 Å². The fourth-order valence-corrected chi connectivity index (χ4v) is 2.26. The van der Waals surface area contributed by atoms with Gasteiger partial charge in [-0.3, -0.25) is 0 Å². The lowest BCUT2D eigenvalue weighted by Crippen LogP contribution is -2.19. The number of pyridine rings is 1. The second-order valence-electron chi connectivity index (χ2n) is 5.01. The highest BCUT2D eigenvalue weighted by molar-refractivity contribution is 5.62. The van der Waals surface area contributed by atoms with Crippen LogP contribution in [0.2, 0.25) is 0 Å². The van der Waals surface area contributed by atoms with Gasteiger partial charge in [0.05, 0.1) is 0 Å². The molecule has 0 saturated heterocycles. The number of aromatic nitrogens is 1. The third kappa shape index (κ3) is 2.99. The van der Waals surface area contributed by atoms with Crippen molar-refractivity contribution in [1.29, 1.82) is 0 Å². The zero-order valence-electron chi connectivity index (χ0n) is 12.7. The van der Waals surface area contributed by atoms with Gasteiger partial charge < -0.3 is 10.2 Å². The van der Waals surface area contributed by atoms with Crippen molar-refractivity contribution < 1.29 is 0 Å². The van der Waals surface area contributed by atoms with Crippen LogP contribution in [-0.4, -0.2) is 19.1 Å². The lowest BCUT2D eigenvalue weighted by molar-refractivity contribution is 0.649. The van der Waals surface area contributed by atoms with Crippen molar-refractivity contribution in [3.8, 4) is 0 Å². The van der Waals surface area contributed by atoms with Gasteiger partial charge in [0, 0.05) is 30.5 Å². The molecule has 0 bridgehead atoms. The van der Waals surface area contributed by atoms with E-state index in [9.17, 15) is 0 Å². The zero-order valence-corrected chi connectivity index (χ0v) is 12.7. The Labute approximate surface area is 121 Å². The molecular formula is C17H23N3. The maximum Gasteiger partial charge on any atom is 0.137 e. The molecule has 20 heavy (non-hydrogen) atoms. The fraction of sp³-hybridized carbons (Fsp3) is 0.353. The monoisotopic (exact) mass is 269 g/mol. The van der Waals surface area contributed by atoms with E-state index in [1.165, 1.54) is 11.1 Å². The van der Waals surface area contributed by atoms with E-state index in [0.717, 1.165) is 17.9 Å². The molecule has 0 aliphatic carbocycles. The Morgan fingerprint density at radius 3 is 2.50 bits per heavy atom. The second-order valence-corrected chi connectivity index (χ2v) is 5.01. The standard InChI is InChI=1S/C17H23N3/c1-5-14-8-10-15(11-9-14)20(4)17-16(13(2)18-3)7-6-12-19-17/h6-13,18H,5H2,1-4H3. The second kappa shape index (κ2) is 6.53. The summed E-state index contributed by atoms with van der Waals surface area (Å²) in [5.41, 5.74) is 3.72. The van der Waals surface area contributed by atoms with E-state index in [1.54, 1.807) is 0 Å². The smallest absolute Gasteiger partial charge is 0.137 e. The van der Waals surface area contributed by atoms with E-state index in [2.05, 4.69) is 66.4 Å². The molecule has 3 heteroatoms. The van der Waals surface area contributed by atoms with Crippen LogP contribution in [0.3, 0.4) is 0 Å². The number of aryl methyl sites for hydroxylation is 1. The van der Waals surface area contributed by atoms with Crippen LogP contribution in [0.1, 0.15) is 31.0 Å². The summed E-state index contributed by atoms with van der Waals surface area (Å²) >= 11 is 0. The minimum absolute atomic E-state index is 0.274. The summed E-state index contributed by atoms with van der Waals surface area (Å²) in [6, 6.07) is 13.0. The fourth-order valence-electron chi connectivity index (χ4n) is 2.26. The van der Waals surface area contributed by atoms with Gasteiger partial charge >= 0.3 is 0 Å². The van der Waals surface area contributed by atoms with Crippen molar-refractivity contribution in [2.45, 2.75) is 26.3 Å². The van der Waals surface area contributed by atoms with Crippen LogP contribution >= 0.6 is 0 Å². The van der Waals surface area contributed by atoms with Gasteiger partial charge in [-0.25, -0.2) is 4.98 Å². The number of hydrogen-bond acceptors (Lipinski definition) is 3. The molecule has 1 unspecified atom stereocenters. The summed E-state index contributed by atoms with van der Waals surface area (Å²) in [5.74, 6) is 0.999. The summed E-state index contributed by atoms with van der Waals surface area (Å²) in [7, 11) is 4.03. The first-order chi connectivity index (χ1) is 9.67. The first-order valence-electron chi connectivity index (χ1n) is 7.12. The van der Waals surface area contributed by atoms with E-state index in [0.29, 0.717) is 0 Å². The molecule has 1 aromatic carbocycles. The average molecular weight is 269 g/mol. The average Bonchev–Trinajstić information content (AvgIpc) is 2.53. The van der Waals surface area contributed by atoms with E-state index >= 15 is 0 Å². The Morgan fingerprint density at radius 1 is 1.20 bits per heavy atom. The highest BCUT2D eigenvalue weighted by Crippen LogP contribution is 2.28. The maximum atomic E-state index is 4.55. The summed E-state index contributed by atoms with van der Waals surface area (Å²) in [5, 5.41) is 3.28. The maximum absolute atomic E-state index is 4.55. The Morgan fingerprint density at radius 2 is 1.90 bits per heavy atom. The van der Waals surface area contributed by atoms with Crippen molar-refractivity contribution in [3.05, 3.63) is 53.7 Å². The zero-order chi connectivity index (χ0) is 14.5. The summed E-state index contributed by atoms with van der Waals surface area (Å²) in [6.45, 7) is 4.32. The molecule has 0 fully saturated rings. The van der Waals surface area contributed by atoms with Gasteiger partial charge in [0.1, 0.15) is 5.82 Å². The molecule has 0 amide bonds. The third-order valence-corrected chi connectivity index (χ3v) is 3.77. The third-order valence-electron chi connectivity index (χ3n) is 3.77. The van der Waals surface area contributed by atoms with Gasteiger partial charge in [0.2, 0.25) is 0 Å². The van der Waals surface area contributed by atoms with Crippen LogP contribution in [0.15, 0.2) is 42.6 Å². The molecule has 1 heterocycles. The van der Waals surface area contributed by atoms with Crippen molar-refractivity contribution in [2.75, 3.05) is 19.0 Å². The molecular weight excluding hydrogens is 246 g/mol. The number of benzene rings is 1. The molecule has 0 aliphatic heterocycles. The molecule has 2 rings (SSSR count). The number of anilines is 2. The van der Waals surface area contributed by atoms with Crippen molar-refractivity contribution in [2.24, 2.45) is 0 Å². The van der Waals surface area contributed by atoms with Gasteiger partial charge in [-0.15, -0.1) is 0 Å². The Bertz CT molecular complexity index is 548. The molecule has 0 aliphatic rings. The lowest BCUT2D eigenvalue weighted by atomic mass is 10.1. The number of nitrogens with zero attached hydrogens (tertiary/aromatic N) is 2. The first-order valence-corrected chi connectivity index (χ1v) is 7.12. The molecule has 1 atom stereocenters. The molecule has 0 spiro atoms. The molecule has 3 nitrogen and oxygen atoms in total. The minimum atomic E-state index is 0.274. The van der Waals surface area contributed by atoms with E-state index in [4.69, 9.17) is 0 Å². The highest BCUT2D eigenvalue weighted by atomic mass is 15.2. The topological polar surface area (TPSA) is 28.2 Å². The Hall–Kier alpha value is -1.87. The van der Waals surface area contributed by atoms with Crippen LogP contribution in [0, 0.1) is 0 Å². The lowest BCUT2D eigenvalue weighted by Gasteiger charge is -2.24. The van der Waals surface area contributed by atoms with Gasteiger partial charge in [-0.2, -0.15) is 0 Å². The van der Waals surface area contributed by atoms with Gasteiger partial charge in [-0.1, -0.05) is 25.1 Å². The normalized spacial score (nSPS) is 12.2. The predicted molar refractivity (Wildman–Crippen MR) is 85.6 cm³/mol. The SMILES string of the molecule is CCc1ccc(N(C)c2ncccc2C(C)NC)cc1. The summed E-state index contributed by atoms with van der Waals surface area (Å²) in [4.78, 5) is 6.69. The van der Waals surface area contributed by atoms with Gasteiger partial charge in [0.25, 0.3) is 0 Å². The largest absolute Gasteiger partial charge is 0.329 e. The van der Waals surface area contributed by atoms with Crippen LogP contribution in [0.4, 0.5) is 11.5 Å². The molecule has 0 radical (unpaired) electrons. The molecule has 106 valence electrons. The van der Waals surface area contributed by atoms with Crippen LogP contribution in [0.5, 0.6) is 0 Å². The summed E-state index contributed by atoms with van der Waals surface area (Å²) < 4.78 is 0. The van der Waals surface area contributed by atoms with E-state index in [1.807, 2.05) is 19.3 Å². The van der Waals surface area contributed by atoms with Crippen LogP contribution in [-0.2, 0) is 6.42 Å². The number of rotatable bonds is 5. The highest BCUT2D eigenvalue weighted by Gasteiger charge is 2.14. The number of hydrogen-bond donors (Lipinski definition) is 1. The first kappa shape index (κ1) is 14.5. The van der Waals surface area contributed by atoms with Crippen LogP contribution in [0.25, 0.3) is 0 Å². The minimum Gasteiger partial charge on any atom is -0.329 e. The molecule has 0 saturated carbocycles. The molecule has 1 N–H and O–H groups in total. The van der Waals surface area contributed by atoms with E-state index in [-0.39, 0.29) is 6.04 Å². The summed E-state index contributed by atoms with van der Waals surface area (Å²) in [6.07, 6.45) is 2.91. The molecule has 2 aromatic rings. The van der Waals surface area contributed by atoms with Gasteiger partial charge in [-0.05, 0) is 44.2 Å². The van der Waals surface area contributed by atoms with Crippen molar-refractivity contribution in [3.63, 3.8) is 0 Å². The van der Waals surface area contributed by atoms with Crippen molar-refractivity contribution >= 4 is 11.5 Å². The predicted octanol–water partition coefficient (Wildman–Crippen LogP) is 3.69. The van der Waals surface area contributed by atoms with Crippen LogP contribution < -0.4 is 10.2 Å². The van der Waals surface area contributed by atoms with E-state index < -0.39 is 0 Å². The quantitative estimate of drug-likeness (QED) is 0.897. The number of nitrogens with one attached hydrogen (secondary N) is 1. The van der Waals surface area contributed by atoms with Gasteiger partial charge in [0.15, 0.2) is 0 Å². The molecule has 1 aromatic heterocycles. The Kier molecular flexibility index (Phi) is 4.74.